The van der Waals surface area contributed by atoms with Crippen molar-refractivity contribution in [1.82, 2.24) is 19.6 Å². The molecule has 0 bridgehead atoms. The lowest BCUT2D eigenvalue weighted by molar-refractivity contribution is 0.598. The standard InChI is InChI=1S/C13H21N5/c1-5-6-18-9-12(11(3)16-18)8-14-13-7-10(2)15-17(13)4/h7,9,14H,5-6,8H2,1-4H3. The van der Waals surface area contributed by atoms with Gasteiger partial charge in [-0.1, -0.05) is 6.92 Å². The van der Waals surface area contributed by atoms with Gasteiger partial charge in [-0.05, 0) is 20.3 Å². The van der Waals surface area contributed by atoms with Gasteiger partial charge in [-0.15, -0.1) is 0 Å². The molecule has 2 rings (SSSR count). The van der Waals surface area contributed by atoms with Crippen LogP contribution in [0.5, 0.6) is 0 Å². The van der Waals surface area contributed by atoms with E-state index in [0.717, 1.165) is 36.7 Å². The molecule has 2 aromatic heterocycles. The minimum absolute atomic E-state index is 0.786. The second kappa shape index (κ2) is 5.25. The fourth-order valence-electron chi connectivity index (χ4n) is 2.04. The number of nitrogens with one attached hydrogen (secondary N) is 1. The molecule has 0 saturated heterocycles. The number of hydrogen-bond donors (Lipinski definition) is 1. The van der Waals surface area contributed by atoms with Gasteiger partial charge in [-0.3, -0.25) is 9.36 Å². The first kappa shape index (κ1) is 12.7. The molecule has 0 radical (unpaired) electrons. The summed E-state index contributed by atoms with van der Waals surface area (Å²) in [5, 5.41) is 12.2. The summed E-state index contributed by atoms with van der Waals surface area (Å²) in [7, 11) is 1.95. The number of anilines is 1. The Morgan fingerprint density at radius 1 is 1.28 bits per heavy atom. The molecular weight excluding hydrogens is 226 g/mol. The molecule has 5 nitrogen and oxygen atoms in total. The van der Waals surface area contributed by atoms with Crippen LogP contribution in [0, 0.1) is 13.8 Å². The van der Waals surface area contributed by atoms with E-state index < -0.39 is 0 Å². The zero-order valence-corrected chi connectivity index (χ0v) is 11.6. The predicted molar refractivity (Wildman–Crippen MR) is 72.5 cm³/mol. The second-order valence-electron chi connectivity index (χ2n) is 4.65. The van der Waals surface area contributed by atoms with Crippen LogP contribution in [-0.2, 0) is 20.1 Å². The molecule has 2 aromatic rings. The van der Waals surface area contributed by atoms with Crippen LogP contribution in [0.25, 0.3) is 0 Å². The summed E-state index contributed by atoms with van der Waals surface area (Å²) in [5.74, 6) is 1.04. The molecule has 5 heteroatoms. The Kier molecular flexibility index (Phi) is 3.69. The molecule has 0 unspecified atom stereocenters. The van der Waals surface area contributed by atoms with Gasteiger partial charge in [0.2, 0.25) is 0 Å². The molecule has 0 saturated carbocycles. The number of nitrogens with zero attached hydrogens (tertiary/aromatic N) is 4. The van der Waals surface area contributed by atoms with Crippen LogP contribution in [-0.4, -0.2) is 19.6 Å². The van der Waals surface area contributed by atoms with Crippen molar-refractivity contribution in [2.24, 2.45) is 7.05 Å². The lowest BCUT2D eigenvalue weighted by atomic mass is 10.2. The van der Waals surface area contributed by atoms with Gasteiger partial charge in [0.1, 0.15) is 5.82 Å². The van der Waals surface area contributed by atoms with Gasteiger partial charge in [0.15, 0.2) is 0 Å². The van der Waals surface area contributed by atoms with Gasteiger partial charge in [-0.25, -0.2) is 0 Å². The number of hydrogen-bond acceptors (Lipinski definition) is 3. The molecule has 98 valence electrons. The van der Waals surface area contributed by atoms with Crippen molar-refractivity contribution in [2.45, 2.75) is 40.3 Å². The average molecular weight is 247 g/mol. The molecule has 1 N–H and O–H groups in total. The highest BCUT2D eigenvalue weighted by Crippen LogP contribution is 2.12. The van der Waals surface area contributed by atoms with Gasteiger partial charge in [0.25, 0.3) is 0 Å². The van der Waals surface area contributed by atoms with Crippen LogP contribution in [0.2, 0.25) is 0 Å². The summed E-state index contributed by atoms with van der Waals surface area (Å²) in [6.45, 7) is 7.97. The molecule has 0 amide bonds. The second-order valence-corrected chi connectivity index (χ2v) is 4.65. The highest BCUT2D eigenvalue weighted by molar-refractivity contribution is 5.37. The van der Waals surface area contributed by atoms with Crippen molar-refractivity contribution in [2.75, 3.05) is 5.32 Å². The van der Waals surface area contributed by atoms with E-state index in [1.165, 1.54) is 5.56 Å². The van der Waals surface area contributed by atoms with Crippen LogP contribution in [0.4, 0.5) is 5.82 Å². The Morgan fingerprint density at radius 2 is 2.06 bits per heavy atom. The van der Waals surface area contributed by atoms with E-state index in [9.17, 15) is 0 Å². The molecule has 0 aliphatic rings. The summed E-state index contributed by atoms with van der Waals surface area (Å²) >= 11 is 0. The molecule has 0 fully saturated rings. The minimum Gasteiger partial charge on any atom is -0.366 e. The monoisotopic (exact) mass is 247 g/mol. The Morgan fingerprint density at radius 3 is 2.67 bits per heavy atom. The van der Waals surface area contributed by atoms with E-state index in [1.807, 2.05) is 29.4 Å². The Hall–Kier alpha value is -1.78. The SMILES string of the molecule is CCCn1cc(CNc2cc(C)nn2C)c(C)n1. The van der Waals surface area contributed by atoms with Crippen molar-refractivity contribution in [1.29, 1.82) is 0 Å². The average Bonchev–Trinajstić information content (AvgIpc) is 2.80. The number of aromatic nitrogens is 4. The summed E-state index contributed by atoms with van der Waals surface area (Å²) in [6.07, 6.45) is 3.23. The van der Waals surface area contributed by atoms with E-state index in [0.29, 0.717) is 0 Å². The zero-order chi connectivity index (χ0) is 13.1. The molecular formula is C13H21N5. The lowest BCUT2D eigenvalue weighted by Crippen LogP contribution is -2.04. The largest absolute Gasteiger partial charge is 0.366 e. The van der Waals surface area contributed by atoms with Gasteiger partial charge in [0.05, 0.1) is 11.4 Å². The van der Waals surface area contributed by atoms with Crippen LogP contribution < -0.4 is 5.32 Å². The smallest absolute Gasteiger partial charge is 0.124 e. The highest BCUT2D eigenvalue weighted by Gasteiger charge is 2.06. The molecule has 18 heavy (non-hydrogen) atoms. The van der Waals surface area contributed by atoms with Crippen molar-refractivity contribution < 1.29 is 0 Å². The molecule has 0 aliphatic heterocycles. The third-order valence-electron chi connectivity index (χ3n) is 2.96. The minimum atomic E-state index is 0.786. The molecule has 0 aliphatic carbocycles. The zero-order valence-electron chi connectivity index (χ0n) is 11.6. The summed E-state index contributed by atoms with van der Waals surface area (Å²) < 4.78 is 3.88. The van der Waals surface area contributed by atoms with Crippen molar-refractivity contribution in [3.8, 4) is 0 Å². The summed E-state index contributed by atoms with van der Waals surface area (Å²) in [5.41, 5.74) is 3.36. The first-order chi connectivity index (χ1) is 8.60. The van der Waals surface area contributed by atoms with Gasteiger partial charge < -0.3 is 5.32 Å². The van der Waals surface area contributed by atoms with Crippen molar-refractivity contribution in [3.63, 3.8) is 0 Å². The maximum atomic E-state index is 4.49. The summed E-state index contributed by atoms with van der Waals surface area (Å²) in [4.78, 5) is 0. The Balaban J connectivity index is 2.03. The maximum Gasteiger partial charge on any atom is 0.124 e. The van der Waals surface area contributed by atoms with Crippen molar-refractivity contribution >= 4 is 5.82 Å². The van der Waals surface area contributed by atoms with Gasteiger partial charge >= 0.3 is 0 Å². The molecule has 0 spiro atoms. The quantitative estimate of drug-likeness (QED) is 0.881. The van der Waals surface area contributed by atoms with Gasteiger partial charge in [-0.2, -0.15) is 10.2 Å². The van der Waals surface area contributed by atoms with Crippen LogP contribution >= 0.6 is 0 Å². The Labute approximate surface area is 108 Å². The third-order valence-corrected chi connectivity index (χ3v) is 2.96. The molecule has 0 aromatic carbocycles. The topological polar surface area (TPSA) is 47.7 Å². The van der Waals surface area contributed by atoms with E-state index >= 15 is 0 Å². The van der Waals surface area contributed by atoms with Crippen LogP contribution in [0.1, 0.15) is 30.3 Å². The van der Waals surface area contributed by atoms with Gasteiger partial charge in [0, 0.05) is 38.0 Å². The van der Waals surface area contributed by atoms with Crippen LogP contribution in [0.3, 0.4) is 0 Å². The third kappa shape index (κ3) is 2.72. The molecule has 2 heterocycles. The van der Waals surface area contributed by atoms with E-state index in [4.69, 9.17) is 0 Å². The van der Waals surface area contributed by atoms with E-state index in [1.54, 1.807) is 0 Å². The fraction of sp³-hybridized carbons (Fsp3) is 0.538. The van der Waals surface area contributed by atoms with E-state index in [-0.39, 0.29) is 0 Å². The maximum absolute atomic E-state index is 4.49. The highest BCUT2D eigenvalue weighted by atomic mass is 15.3. The lowest BCUT2D eigenvalue weighted by Gasteiger charge is -2.04. The van der Waals surface area contributed by atoms with E-state index in [2.05, 4.69) is 35.6 Å². The first-order valence-electron chi connectivity index (χ1n) is 6.37. The normalized spacial score (nSPS) is 10.9. The van der Waals surface area contributed by atoms with Crippen LogP contribution in [0.15, 0.2) is 12.3 Å². The predicted octanol–water partition coefficient (Wildman–Crippen LogP) is 2.26. The first-order valence-corrected chi connectivity index (χ1v) is 6.37. The number of rotatable bonds is 5. The summed E-state index contributed by atoms with van der Waals surface area (Å²) in [6, 6.07) is 2.05. The van der Waals surface area contributed by atoms with Crippen molar-refractivity contribution in [3.05, 3.63) is 29.2 Å². The number of aryl methyl sites for hydroxylation is 4. The Bertz CT molecular complexity index is 523. The molecule has 0 atom stereocenters. The fourth-order valence-corrected chi connectivity index (χ4v) is 2.04.